The number of hydrogen-bond donors (Lipinski definition) is 0. The van der Waals surface area contributed by atoms with Crippen molar-refractivity contribution >= 4 is 5.91 Å². The Labute approximate surface area is 150 Å². The van der Waals surface area contributed by atoms with Crippen molar-refractivity contribution in [3.05, 3.63) is 53.8 Å². The first kappa shape index (κ1) is 16.3. The minimum atomic E-state index is -0.120. The molecule has 1 aliphatic heterocycles. The Morgan fingerprint density at radius 2 is 2.15 bits per heavy atom. The van der Waals surface area contributed by atoms with Crippen LogP contribution < -0.4 is 0 Å². The first-order chi connectivity index (χ1) is 12.6. The maximum Gasteiger partial charge on any atom is 0.273 e. The molecular formula is C18H18N6O2. The van der Waals surface area contributed by atoms with E-state index in [2.05, 4.69) is 20.1 Å². The Hall–Kier alpha value is -3.16. The van der Waals surface area contributed by atoms with Crippen LogP contribution in [0.2, 0.25) is 0 Å². The highest BCUT2D eigenvalue weighted by atomic mass is 16.5. The number of rotatable bonds is 3. The van der Waals surface area contributed by atoms with Gasteiger partial charge in [0.05, 0.1) is 41.1 Å². The smallest absolute Gasteiger partial charge is 0.273 e. The Balaban J connectivity index is 1.67. The number of carbonyl (C=O) groups is 1. The lowest BCUT2D eigenvalue weighted by molar-refractivity contribution is 0.0726. The van der Waals surface area contributed by atoms with Crippen molar-refractivity contribution in [1.29, 1.82) is 0 Å². The molecule has 0 saturated carbocycles. The number of likely N-dealkylation sites (tertiary alicyclic amines) is 1. The molecule has 1 aliphatic rings. The van der Waals surface area contributed by atoms with Gasteiger partial charge in [0.25, 0.3) is 5.91 Å². The lowest BCUT2D eigenvalue weighted by Gasteiger charge is -2.24. The predicted molar refractivity (Wildman–Crippen MR) is 92.0 cm³/mol. The molecule has 0 radical (unpaired) electrons. The zero-order valence-electron chi connectivity index (χ0n) is 14.6. The number of aryl methyl sites for hydroxylation is 2. The van der Waals surface area contributed by atoms with Gasteiger partial charge in [-0.25, -0.2) is 15.0 Å². The molecule has 1 saturated heterocycles. The van der Waals surface area contributed by atoms with Gasteiger partial charge in [0.1, 0.15) is 17.8 Å². The first-order valence-corrected chi connectivity index (χ1v) is 8.47. The highest BCUT2D eigenvalue weighted by Gasteiger charge is 2.32. The van der Waals surface area contributed by atoms with Crippen LogP contribution in [0, 0.1) is 13.8 Å². The van der Waals surface area contributed by atoms with Gasteiger partial charge in [0.2, 0.25) is 0 Å². The fourth-order valence-corrected chi connectivity index (χ4v) is 3.39. The molecular weight excluding hydrogens is 332 g/mol. The van der Waals surface area contributed by atoms with Crippen molar-refractivity contribution in [2.75, 3.05) is 6.54 Å². The summed E-state index contributed by atoms with van der Waals surface area (Å²) in [7, 11) is 0. The number of aromatic nitrogens is 5. The zero-order chi connectivity index (χ0) is 18.1. The highest BCUT2D eigenvalue weighted by molar-refractivity contribution is 5.92. The van der Waals surface area contributed by atoms with Gasteiger partial charge in [-0.15, -0.1) is 0 Å². The molecule has 0 N–H and O–H groups in total. The second-order valence-corrected chi connectivity index (χ2v) is 6.28. The van der Waals surface area contributed by atoms with E-state index in [1.807, 2.05) is 18.7 Å². The monoisotopic (exact) mass is 350 g/mol. The Morgan fingerprint density at radius 1 is 1.27 bits per heavy atom. The summed E-state index contributed by atoms with van der Waals surface area (Å²) in [5.41, 5.74) is 3.49. The number of hydrogen-bond acceptors (Lipinski definition) is 7. The molecule has 1 fully saturated rings. The molecule has 0 aliphatic carbocycles. The predicted octanol–water partition coefficient (Wildman–Crippen LogP) is 2.52. The van der Waals surface area contributed by atoms with Crippen LogP contribution in [-0.2, 0) is 0 Å². The molecule has 4 heterocycles. The molecule has 132 valence electrons. The van der Waals surface area contributed by atoms with Crippen LogP contribution >= 0.6 is 0 Å². The van der Waals surface area contributed by atoms with Gasteiger partial charge >= 0.3 is 0 Å². The lowest BCUT2D eigenvalue weighted by atomic mass is 10.1. The third-order valence-corrected chi connectivity index (χ3v) is 4.60. The SMILES string of the molecule is Cc1noc(C)c1-c1cncc(C2CCCN2C(=O)c2ccncn2)n1. The summed E-state index contributed by atoms with van der Waals surface area (Å²) >= 11 is 0. The van der Waals surface area contributed by atoms with E-state index < -0.39 is 0 Å². The summed E-state index contributed by atoms with van der Waals surface area (Å²) in [5.74, 6) is 0.591. The lowest BCUT2D eigenvalue weighted by Crippen LogP contribution is -2.31. The van der Waals surface area contributed by atoms with Crippen LogP contribution in [0.1, 0.15) is 46.5 Å². The highest BCUT2D eigenvalue weighted by Crippen LogP contribution is 2.33. The van der Waals surface area contributed by atoms with E-state index in [1.54, 1.807) is 24.7 Å². The van der Waals surface area contributed by atoms with Gasteiger partial charge in [0.15, 0.2) is 0 Å². The maximum absolute atomic E-state index is 12.8. The minimum absolute atomic E-state index is 0.112. The average Bonchev–Trinajstić information content (AvgIpc) is 3.29. The maximum atomic E-state index is 12.8. The third-order valence-electron chi connectivity index (χ3n) is 4.60. The zero-order valence-corrected chi connectivity index (χ0v) is 14.6. The van der Waals surface area contributed by atoms with Crippen molar-refractivity contribution in [1.82, 2.24) is 30.0 Å². The van der Waals surface area contributed by atoms with E-state index in [9.17, 15) is 4.79 Å². The summed E-state index contributed by atoms with van der Waals surface area (Å²) < 4.78 is 5.24. The van der Waals surface area contributed by atoms with E-state index in [4.69, 9.17) is 9.51 Å². The molecule has 0 bridgehead atoms. The van der Waals surface area contributed by atoms with Crippen LogP contribution in [0.15, 0.2) is 35.5 Å². The molecule has 1 unspecified atom stereocenters. The molecule has 4 rings (SSSR count). The molecule has 8 heteroatoms. The first-order valence-electron chi connectivity index (χ1n) is 8.47. The number of amides is 1. The third kappa shape index (κ3) is 2.83. The molecule has 0 aromatic carbocycles. The fourth-order valence-electron chi connectivity index (χ4n) is 3.39. The van der Waals surface area contributed by atoms with Crippen molar-refractivity contribution in [3.8, 4) is 11.3 Å². The fraction of sp³-hybridized carbons (Fsp3) is 0.333. The van der Waals surface area contributed by atoms with Crippen molar-refractivity contribution in [2.45, 2.75) is 32.7 Å². The van der Waals surface area contributed by atoms with E-state index in [0.717, 1.165) is 29.8 Å². The quantitative estimate of drug-likeness (QED) is 0.716. The second-order valence-electron chi connectivity index (χ2n) is 6.28. The van der Waals surface area contributed by atoms with E-state index in [1.165, 1.54) is 6.33 Å². The van der Waals surface area contributed by atoms with Crippen molar-refractivity contribution in [2.24, 2.45) is 0 Å². The standard InChI is InChI=1S/C18H18N6O2/c1-11-17(12(2)26-23-11)15-9-20-8-14(22-15)16-4-3-7-24(16)18(25)13-5-6-19-10-21-13/h5-6,8-10,16H,3-4,7H2,1-2H3. The van der Waals surface area contributed by atoms with Crippen LogP contribution in [0.25, 0.3) is 11.3 Å². The Morgan fingerprint density at radius 3 is 2.88 bits per heavy atom. The molecule has 26 heavy (non-hydrogen) atoms. The van der Waals surface area contributed by atoms with E-state index in [-0.39, 0.29) is 11.9 Å². The summed E-state index contributed by atoms with van der Waals surface area (Å²) in [4.78, 5) is 31.7. The van der Waals surface area contributed by atoms with Gasteiger partial charge in [-0.3, -0.25) is 9.78 Å². The van der Waals surface area contributed by atoms with E-state index >= 15 is 0 Å². The molecule has 3 aromatic heterocycles. The number of carbonyl (C=O) groups excluding carboxylic acids is 1. The van der Waals surface area contributed by atoms with Crippen molar-refractivity contribution in [3.63, 3.8) is 0 Å². The van der Waals surface area contributed by atoms with Gasteiger partial charge in [-0.2, -0.15) is 0 Å². The average molecular weight is 350 g/mol. The molecule has 8 nitrogen and oxygen atoms in total. The summed E-state index contributed by atoms with van der Waals surface area (Å²) in [6.07, 6.45) is 8.13. The molecule has 3 aromatic rings. The Kier molecular flexibility index (Phi) is 4.16. The van der Waals surface area contributed by atoms with Crippen LogP contribution in [-0.4, -0.2) is 42.4 Å². The molecule has 1 amide bonds. The summed E-state index contributed by atoms with van der Waals surface area (Å²) in [6, 6.07) is 1.51. The number of nitrogens with zero attached hydrogens (tertiary/aromatic N) is 6. The summed E-state index contributed by atoms with van der Waals surface area (Å²) in [5, 5.41) is 3.98. The van der Waals surface area contributed by atoms with Gasteiger partial charge < -0.3 is 9.42 Å². The largest absolute Gasteiger partial charge is 0.361 e. The van der Waals surface area contributed by atoms with Crippen molar-refractivity contribution < 1.29 is 9.32 Å². The summed E-state index contributed by atoms with van der Waals surface area (Å²) in [6.45, 7) is 4.40. The minimum Gasteiger partial charge on any atom is -0.361 e. The van der Waals surface area contributed by atoms with Crippen LogP contribution in [0.3, 0.4) is 0 Å². The van der Waals surface area contributed by atoms with E-state index in [0.29, 0.717) is 23.7 Å². The van der Waals surface area contributed by atoms with Gasteiger partial charge in [0, 0.05) is 12.7 Å². The molecule has 1 atom stereocenters. The van der Waals surface area contributed by atoms with Crippen LogP contribution in [0.4, 0.5) is 0 Å². The second kappa shape index (κ2) is 6.62. The topological polar surface area (TPSA) is 97.9 Å². The van der Waals surface area contributed by atoms with Crippen LogP contribution in [0.5, 0.6) is 0 Å². The van der Waals surface area contributed by atoms with Gasteiger partial charge in [-0.05, 0) is 32.8 Å². The van der Waals surface area contributed by atoms with Gasteiger partial charge in [-0.1, -0.05) is 5.16 Å². The Bertz CT molecular complexity index is 920. The normalized spacial score (nSPS) is 16.8. The molecule has 0 spiro atoms.